The Morgan fingerprint density at radius 3 is 2.41 bits per heavy atom. The van der Waals surface area contributed by atoms with E-state index < -0.39 is 5.76 Å². The normalized spacial score (nSPS) is 14.5. The van der Waals surface area contributed by atoms with Crippen LogP contribution in [-0.4, -0.2) is 32.9 Å². The molecular formula is C29H32N4O4. The Morgan fingerprint density at radius 1 is 1.05 bits per heavy atom. The first-order chi connectivity index (χ1) is 17.9. The van der Waals surface area contributed by atoms with E-state index >= 15 is 0 Å². The Bertz CT molecular complexity index is 1510. The molecule has 0 saturated carbocycles. The smallest absolute Gasteiger partial charge is 0.380 e. The molecule has 0 aliphatic carbocycles. The van der Waals surface area contributed by atoms with Gasteiger partial charge in [0.2, 0.25) is 0 Å². The molecule has 1 saturated heterocycles. The van der Waals surface area contributed by atoms with Crippen LogP contribution in [-0.2, 0) is 24.1 Å². The van der Waals surface area contributed by atoms with Crippen LogP contribution in [0.1, 0.15) is 49.3 Å². The van der Waals surface area contributed by atoms with Crippen molar-refractivity contribution in [1.29, 1.82) is 0 Å². The van der Waals surface area contributed by atoms with Crippen molar-refractivity contribution in [3.05, 3.63) is 92.1 Å². The fraction of sp³-hybridized carbons (Fsp3) is 0.379. The molecule has 192 valence electrons. The summed E-state index contributed by atoms with van der Waals surface area (Å²) < 4.78 is 11.9. The van der Waals surface area contributed by atoms with Crippen LogP contribution in [0.2, 0.25) is 0 Å². The van der Waals surface area contributed by atoms with Crippen molar-refractivity contribution in [3.8, 4) is 22.5 Å². The lowest BCUT2D eigenvalue weighted by Crippen LogP contribution is -2.46. The van der Waals surface area contributed by atoms with Crippen LogP contribution in [0.15, 0.2) is 62.6 Å². The zero-order valence-electron chi connectivity index (χ0n) is 21.5. The second kappa shape index (κ2) is 10.3. The zero-order valence-corrected chi connectivity index (χ0v) is 21.5. The van der Waals surface area contributed by atoms with E-state index in [0.29, 0.717) is 32.0 Å². The molecule has 2 aromatic carbocycles. The fourth-order valence-corrected chi connectivity index (χ4v) is 4.89. The largest absolute Gasteiger partial charge is 0.439 e. The molecule has 0 atom stereocenters. The van der Waals surface area contributed by atoms with E-state index in [4.69, 9.17) is 14.2 Å². The van der Waals surface area contributed by atoms with Crippen LogP contribution in [0, 0.1) is 12.3 Å². The maximum atomic E-state index is 13.7. The average Bonchev–Trinajstić information content (AvgIpc) is 3.32. The molecule has 4 aromatic rings. The number of nitrogens with one attached hydrogen (secondary N) is 1. The number of H-pyrrole nitrogens is 1. The van der Waals surface area contributed by atoms with Gasteiger partial charge in [-0.2, -0.15) is 0 Å². The summed E-state index contributed by atoms with van der Waals surface area (Å²) in [7, 11) is 0. The van der Waals surface area contributed by atoms with Gasteiger partial charge in [0.15, 0.2) is 5.82 Å². The Balaban J connectivity index is 1.47. The van der Waals surface area contributed by atoms with Crippen molar-refractivity contribution in [2.45, 2.75) is 53.0 Å². The maximum Gasteiger partial charge on any atom is 0.439 e. The number of rotatable bonds is 9. The number of aromatic amines is 1. The minimum absolute atomic E-state index is 0.0262. The maximum absolute atomic E-state index is 13.7. The highest BCUT2D eigenvalue weighted by Crippen LogP contribution is 2.31. The van der Waals surface area contributed by atoms with Crippen LogP contribution >= 0.6 is 0 Å². The Hall–Kier alpha value is -3.78. The molecule has 0 bridgehead atoms. The molecule has 2 aromatic heterocycles. The monoisotopic (exact) mass is 500 g/mol. The van der Waals surface area contributed by atoms with Gasteiger partial charge in [-0.1, -0.05) is 74.0 Å². The summed E-state index contributed by atoms with van der Waals surface area (Å²) in [6, 6.07) is 15.9. The standard InChI is InChI=1S/C29H32N4O4/c1-4-5-10-25-24(27(34)33(19(2)30-25)16-29(3)17-36-18-29)15-20-11-13-21(14-12-20)22-8-6-7-9-23(22)26-31-28(35)37-32-26/h6-9,11-14H,4-5,10,15-18H2,1-3H3,(H,31,32,35). The van der Waals surface area contributed by atoms with Gasteiger partial charge >= 0.3 is 5.76 Å². The molecule has 0 unspecified atom stereocenters. The molecule has 0 amide bonds. The van der Waals surface area contributed by atoms with Gasteiger partial charge in [-0.15, -0.1) is 0 Å². The first-order valence-corrected chi connectivity index (χ1v) is 12.8. The SMILES string of the molecule is CCCCc1nc(C)n(CC2(C)COC2)c(=O)c1Cc1ccc(-c2ccccc2-c2noc(=O)[nH]2)cc1. The molecule has 37 heavy (non-hydrogen) atoms. The highest BCUT2D eigenvalue weighted by atomic mass is 16.5. The highest BCUT2D eigenvalue weighted by Gasteiger charge is 2.35. The van der Waals surface area contributed by atoms with Gasteiger partial charge in [-0.05, 0) is 36.5 Å². The molecule has 0 radical (unpaired) electrons. The summed E-state index contributed by atoms with van der Waals surface area (Å²) in [4.78, 5) is 32.7. The first kappa shape index (κ1) is 24.9. The van der Waals surface area contributed by atoms with Crippen molar-refractivity contribution in [3.63, 3.8) is 0 Å². The van der Waals surface area contributed by atoms with Crippen LogP contribution in [0.5, 0.6) is 0 Å². The Labute approximate surface area is 215 Å². The van der Waals surface area contributed by atoms with Crippen molar-refractivity contribution in [1.82, 2.24) is 19.7 Å². The van der Waals surface area contributed by atoms with Gasteiger partial charge in [-0.3, -0.25) is 18.9 Å². The van der Waals surface area contributed by atoms with E-state index in [-0.39, 0.29) is 11.0 Å². The molecule has 1 fully saturated rings. The van der Waals surface area contributed by atoms with E-state index in [9.17, 15) is 9.59 Å². The van der Waals surface area contributed by atoms with Gasteiger partial charge < -0.3 is 4.74 Å². The highest BCUT2D eigenvalue weighted by molar-refractivity contribution is 5.80. The van der Waals surface area contributed by atoms with Crippen LogP contribution < -0.4 is 11.3 Å². The number of nitrogens with zero attached hydrogens (tertiary/aromatic N) is 3. The topological polar surface area (TPSA) is 103 Å². The van der Waals surface area contributed by atoms with Crippen molar-refractivity contribution in [2.75, 3.05) is 13.2 Å². The van der Waals surface area contributed by atoms with Crippen molar-refractivity contribution in [2.24, 2.45) is 5.41 Å². The number of hydrogen-bond donors (Lipinski definition) is 1. The lowest BCUT2D eigenvalue weighted by molar-refractivity contribution is -0.110. The zero-order chi connectivity index (χ0) is 26.0. The summed E-state index contributed by atoms with van der Waals surface area (Å²) in [5.74, 6) is 0.572. The second-order valence-corrected chi connectivity index (χ2v) is 10.2. The number of unbranched alkanes of at least 4 members (excludes halogenated alkanes) is 1. The summed E-state index contributed by atoms with van der Waals surface area (Å²) in [6.07, 6.45) is 3.36. The lowest BCUT2D eigenvalue weighted by Gasteiger charge is -2.38. The molecule has 8 nitrogen and oxygen atoms in total. The van der Waals surface area contributed by atoms with Gasteiger partial charge in [0.05, 0.1) is 18.9 Å². The Kier molecular flexibility index (Phi) is 6.93. The Morgan fingerprint density at radius 2 is 1.78 bits per heavy atom. The van der Waals surface area contributed by atoms with E-state index in [1.807, 2.05) is 60.0 Å². The van der Waals surface area contributed by atoms with Gasteiger partial charge in [0, 0.05) is 29.5 Å². The average molecular weight is 501 g/mol. The molecule has 1 aliphatic rings. The number of hydrogen-bond acceptors (Lipinski definition) is 6. The number of aryl methyl sites for hydroxylation is 2. The van der Waals surface area contributed by atoms with E-state index in [1.165, 1.54) is 0 Å². The van der Waals surface area contributed by atoms with Crippen LogP contribution in [0.25, 0.3) is 22.5 Å². The van der Waals surface area contributed by atoms with Gasteiger partial charge in [0.25, 0.3) is 5.56 Å². The molecule has 3 heterocycles. The lowest BCUT2D eigenvalue weighted by atomic mass is 9.88. The minimum atomic E-state index is -0.588. The summed E-state index contributed by atoms with van der Waals surface area (Å²) in [5.41, 5.74) is 5.43. The quantitative estimate of drug-likeness (QED) is 0.362. The van der Waals surface area contributed by atoms with Crippen LogP contribution in [0.3, 0.4) is 0 Å². The van der Waals surface area contributed by atoms with Crippen LogP contribution in [0.4, 0.5) is 0 Å². The number of aromatic nitrogens is 4. The third kappa shape index (κ3) is 5.20. The van der Waals surface area contributed by atoms with E-state index in [2.05, 4.69) is 24.0 Å². The summed E-state index contributed by atoms with van der Waals surface area (Å²) in [5, 5.41) is 3.85. The van der Waals surface area contributed by atoms with Crippen molar-refractivity contribution < 1.29 is 9.26 Å². The first-order valence-electron chi connectivity index (χ1n) is 12.8. The van der Waals surface area contributed by atoms with E-state index in [0.717, 1.165) is 58.6 Å². The summed E-state index contributed by atoms with van der Waals surface area (Å²) >= 11 is 0. The molecule has 8 heteroatoms. The third-order valence-corrected chi connectivity index (χ3v) is 7.02. The molecular weight excluding hydrogens is 468 g/mol. The predicted octanol–water partition coefficient (Wildman–Crippen LogP) is 4.53. The minimum Gasteiger partial charge on any atom is -0.380 e. The third-order valence-electron chi connectivity index (χ3n) is 7.02. The second-order valence-electron chi connectivity index (χ2n) is 10.2. The molecule has 5 rings (SSSR count). The van der Waals surface area contributed by atoms with Gasteiger partial charge in [-0.25, -0.2) is 9.78 Å². The predicted molar refractivity (Wildman–Crippen MR) is 142 cm³/mol. The van der Waals surface area contributed by atoms with Crippen molar-refractivity contribution >= 4 is 0 Å². The molecule has 0 spiro atoms. The molecule has 1 aliphatic heterocycles. The molecule has 1 N–H and O–H groups in total. The van der Waals surface area contributed by atoms with Gasteiger partial charge in [0.1, 0.15) is 5.82 Å². The fourth-order valence-electron chi connectivity index (χ4n) is 4.89. The number of ether oxygens (including phenoxy) is 1. The summed E-state index contributed by atoms with van der Waals surface area (Å²) in [6.45, 7) is 8.17. The van der Waals surface area contributed by atoms with E-state index in [1.54, 1.807) is 0 Å². The number of benzene rings is 2.